The van der Waals surface area contributed by atoms with Crippen molar-refractivity contribution in [3.8, 4) is 11.3 Å². The summed E-state index contributed by atoms with van der Waals surface area (Å²) in [6.45, 7) is 0.799. The van der Waals surface area contributed by atoms with Crippen LogP contribution in [0.3, 0.4) is 0 Å². The van der Waals surface area contributed by atoms with Crippen molar-refractivity contribution in [3.05, 3.63) is 90.2 Å². The lowest BCUT2D eigenvalue weighted by atomic mass is 9.96. The fourth-order valence-corrected chi connectivity index (χ4v) is 4.42. The fourth-order valence-electron chi connectivity index (χ4n) is 4.42. The van der Waals surface area contributed by atoms with Crippen molar-refractivity contribution in [2.75, 3.05) is 18.4 Å². The summed E-state index contributed by atoms with van der Waals surface area (Å²) in [4.78, 5) is 30.8. The second-order valence-corrected chi connectivity index (χ2v) is 8.41. The van der Waals surface area contributed by atoms with E-state index >= 15 is 0 Å². The Labute approximate surface area is 191 Å². The molecule has 0 aliphatic carbocycles. The average Bonchev–Trinajstić information content (AvgIpc) is 3.29. The molecule has 5 nitrogen and oxygen atoms in total. The number of nitrogens with one attached hydrogen (secondary N) is 2. The fraction of sp³-hybridized carbons (Fsp3) is 0.185. The Balaban J connectivity index is 1.29. The van der Waals surface area contributed by atoms with E-state index in [1.807, 2.05) is 42.5 Å². The van der Waals surface area contributed by atoms with Crippen molar-refractivity contribution in [2.24, 2.45) is 5.92 Å². The van der Waals surface area contributed by atoms with E-state index in [0.29, 0.717) is 25.1 Å². The van der Waals surface area contributed by atoms with Gasteiger partial charge in [-0.05, 0) is 49.2 Å². The number of halogens is 1. The molecule has 2 amide bonds. The van der Waals surface area contributed by atoms with Crippen molar-refractivity contribution in [3.63, 3.8) is 0 Å². The molecule has 5 rings (SSSR count). The zero-order valence-corrected chi connectivity index (χ0v) is 18.1. The van der Waals surface area contributed by atoms with Gasteiger partial charge in [-0.2, -0.15) is 0 Å². The number of piperidine rings is 1. The SMILES string of the molecule is O=C(Nc1cccc(-c2cc3ccccc3[nH]2)c1)C1CCCN(C(=O)c2ccccc2F)C1. The molecule has 4 aromatic rings. The third-order valence-electron chi connectivity index (χ3n) is 6.15. The monoisotopic (exact) mass is 441 g/mol. The largest absolute Gasteiger partial charge is 0.355 e. The van der Waals surface area contributed by atoms with E-state index in [4.69, 9.17) is 0 Å². The van der Waals surface area contributed by atoms with Crippen LogP contribution in [-0.2, 0) is 4.79 Å². The summed E-state index contributed by atoms with van der Waals surface area (Å²) in [7, 11) is 0. The number of carbonyl (C=O) groups excluding carboxylic acids is 2. The van der Waals surface area contributed by atoms with E-state index in [1.54, 1.807) is 17.0 Å². The van der Waals surface area contributed by atoms with Gasteiger partial charge >= 0.3 is 0 Å². The van der Waals surface area contributed by atoms with Gasteiger partial charge in [0.25, 0.3) is 5.91 Å². The summed E-state index contributed by atoms with van der Waals surface area (Å²) in [5, 5.41) is 4.13. The van der Waals surface area contributed by atoms with E-state index in [-0.39, 0.29) is 29.8 Å². The molecule has 166 valence electrons. The van der Waals surface area contributed by atoms with E-state index < -0.39 is 5.82 Å². The molecule has 0 spiro atoms. The third kappa shape index (κ3) is 4.37. The molecule has 1 unspecified atom stereocenters. The van der Waals surface area contributed by atoms with Gasteiger partial charge < -0.3 is 15.2 Å². The summed E-state index contributed by atoms with van der Waals surface area (Å²) < 4.78 is 14.1. The van der Waals surface area contributed by atoms with Crippen LogP contribution in [-0.4, -0.2) is 34.8 Å². The van der Waals surface area contributed by atoms with Crippen LogP contribution in [0.4, 0.5) is 10.1 Å². The lowest BCUT2D eigenvalue weighted by molar-refractivity contribution is -0.121. The van der Waals surface area contributed by atoms with Gasteiger partial charge in [0.05, 0.1) is 11.5 Å². The van der Waals surface area contributed by atoms with Gasteiger partial charge in [-0.15, -0.1) is 0 Å². The highest BCUT2D eigenvalue weighted by molar-refractivity contribution is 5.97. The van der Waals surface area contributed by atoms with Gasteiger partial charge in [-0.1, -0.05) is 42.5 Å². The molecule has 0 saturated carbocycles. The second-order valence-electron chi connectivity index (χ2n) is 8.41. The standard InChI is InChI=1S/C27H24FN3O2/c28-23-12-3-2-11-22(23)27(33)31-14-6-9-20(17-31)26(32)29-21-10-5-8-18(15-21)25-16-19-7-1-4-13-24(19)30-25/h1-5,7-8,10-13,15-16,20,30H,6,9,14,17H2,(H,29,32). The number of amides is 2. The van der Waals surface area contributed by atoms with Gasteiger partial charge in [0.1, 0.15) is 5.82 Å². The molecule has 3 aromatic carbocycles. The van der Waals surface area contributed by atoms with Crippen molar-refractivity contribution < 1.29 is 14.0 Å². The van der Waals surface area contributed by atoms with Crippen LogP contribution in [0.2, 0.25) is 0 Å². The smallest absolute Gasteiger partial charge is 0.256 e. The minimum atomic E-state index is -0.539. The van der Waals surface area contributed by atoms with Gasteiger partial charge in [-0.3, -0.25) is 9.59 Å². The Morgan fingerprint density at radius 3 is 2.64 bits per heavy atom. The normalized spacial score (nSPS) is 16.0. The summed E-state index contributed by atoms with van der Waals surface area (Å²) in [5.74, 6) is -1.38. The third-order valence-corrected chi connectivity index (χ3v) is 6.15. The molecule has 6 heteroatoms. The molecule has 2 N–H and O–H groups in total. The van der Waals surface area contributed by atoms with Crippen molar-refractivity contribution in [2.45, 2.75) is 12.8 Å². The number of H-pyrrole nitrogens is 1. The van der Waals surface area contributed by atoms with E-state index in [0.717, 1.165) is 22.2 Å². The summed E-state index contributed by atoms with van der Waals surface area (Å²) in [5.41, 5.74) is 3.76. The highest BCUT2D eigenvalue weighted by atomic mass is 19.1. The lowest BCUT2D eigenvalue weighted by Crippen LogP contribution is -2.44. The maximum atomic E-state index is 14.1. The number of anilines is 1. The van der Waals surface area contributed by atoms with E-state index in [9.17, 15) is 14.0 Å². The molecule has 0 bridgehead atoms. The maximum absolute atomic E-state index is 14.1. The minimum Gasteiger partial charge on any atom is -0.355 e. The van der Waals surface area contributed by atoms with Crippen LogP contribution in [0.1, 0.15) is 23.2 Å². The number of nitrogens with zero attached hydrogens (tertiary/aromatic N) is 1. The lowest BCUT2D eigenvalue weighted by Gasteiger charge is -2.32. The van der Waals surface area contributed by atoms with Crippen LogP contribution < -0.4 is 5.32 Å². The summed E-state index contributed by atoms with van der Waals surface area (Å²) >= 11 is 0. The van der Waals surface area contributed by atoms with Crippen LogP contribution in [0.15, 0.2) is 78.9 Å². The molecule has 33 heavy (non-hydrogen) atoms. The molecule has 1 atom stereocenters. The molecule has 1 saturated heterocycles. The molecule has 1 aliphatic heterocycles. The molecule has 1 aromatic heterocycles. The van der Waals surface area contributed by atoms with E-state index in [1.165, 1.54) is 12.1 Å². The predicted octanol–water partition coefficient (Wildman–Crippen LogP) is 5.46. The molecular formula is C27H24FN3O2. The van der Waals surface area contributed by atoms with Gasteiger partial charge in [0.2, 0.25) is 5.91 Å². The molecule has 2 heterocycles. The number of fused-ring (bicyclic) bond motifs is 1. The van der Waals surface area contributed by atoms with Crippen LogP contribution in [0.25, 0.3) is 22.2 Å². The number of para-hydroxylation sites is 1. The number of aromatic nitrogens is 1. The summed E-state index contributed by atoms with van der Waals surface area (Å²) in [6.07, 6.45) is 1.39. The number of hydrogen-bond donors (Lipinski definition) is 2. The highest BCUT2D eigenvalue weighted by Gasteiger charge is 2.30. The van der Waals surface area contributed by atoms with Gasteiger partial charge in [0.15, 0.2) is 0 Å². The Hall–Kier alpha value is -3.93. The first-order valence-electron chi connectivity index (χ1n) is 11.1. The van der Waals surface area contributed by atoms with E-state index in [2.05, 4.69) is 22.4 Å². The number of likely N-dealkylation sites (tertiary alicyclic amines) is 1. The van der Waals surface area contributed by atoms with Crippen molar-refractivity contribution in [1.29, 1.82) is 0 Å². The number of benzene rings is 3. The number of aromatic amines is 1. The maximum Gasteiger partial charge on any atom is 0.256 e. The van der Waals surface area contributed by atoms with Gasteiger partial charge in [-0.25, -0.2) is 4.39 Å². The number of rotatable bonds is 4. The number of hydrogen-bond acceptors (Lipinski definition) is 2. The molecule has 1 aliphatic rings. The minimum absolute atomic E-state index is 0.0459. The Morgan fingerprint density at radius 2 is 1.79 bits per heavy atom. The number of carbonyl (C=O) groups is 2. The average molecular weight is 442 g/mol. The first kappa shape index (κ1) is 20.9. The zero-order valence-electron chi connectivity index (χ0n) is 18.1. The molecule has 1 fully saturated rings. The van der Waals surface area contributed by atoms with Crippen LogP contribution in [0.5, 0.6) is 0 Å². The van der Waals surface area contributed by atoms with Crippen molar-refractivity contribution in [1.82, 2.24) is 9.88 Å². The molecular weight excluding hydrogens is 417 g/mol. The Bertz CT molecular complexity index is 1300. The molecule has 0 radical (unpaired) electrons. The Morgan fingerprint density at radius 1 is 0.970 bits per heavy atom. The summed E-state index contributed by atoms with van der Waals surface area (Å²) in [6, 6.07) is 23.8. The van der Waals surface area contributed by atoms with Crippen molar-refractivity contribution >= 4 is 28.4 Å². The zero-order chi connectivity index (χ0) is 22.8. The van der Waals surface area contributed by atoms with Crippen LogP contribution >= 0.6 is 0 Å². The Kier molecular flexibility index (Phi) is 5.65. The topological polar surface area (TPSA) is 65.2 Å². The second kappa shape index (κ2) is 8.90. The predicted molar refractivity (Wildman–Crippen MR) is 127 cm³/mol. The van der Waals surface area contributed by atoms with Gasteiger partial charge in [0, 0.05) is 40.9 Å². The first-order valence-corrected chi connectivity index (χ1v) is 11.1. The first-order chi connectivity index (χ1) is 16.1. The van der Waals surface area contributed by atoms with Crippen LogP contribution in [0, 0.1) is 11.7 Å². The highest BCUT2D eigenvalue weighted by Crippen LogP contribution is 2.27. The quantitative estimate of drug-likeness (QED) is 0.441.